The van der Waals surface area contributed by atoms with Gasteiger partial charge in [-0.1, -0.05) is 11.3 Å². The van der Waals surface area contributed by atoms with E-state index < -0.39 is 0 Å². The van der Waals surface area contributed by atoms with Crippen molar-refractivity contribution in [2.75, 3.05) is 13.2 Å². The van der Waals surface area contributed by atoms with Crippen molar-refractivity contribution in [1.29, 1.82) is 0 Å². The molecule has 0 saturated heterocycles. The van der Waals surface area contributed by atoms with Crippen LogP contribution >= 0.6 is 11.3 Å². The van der Waals surface area contributed by atoms with E-state index in [1.165, 1.54) is 11.3 Å². The van der Waals surface area contributed by atoms with Gasteiger partial charge >= 0.3 is 0 Å². The second-order valence-corrected chi connectivity index (χ2v) is 2.29. The predicted octanol–water partition coefficient (Wildman–Crippen LogP) is 0.481. The molecule has 0 radical (unpaired) electrons. The van der Waals surface area contributed by atoms with E-state index in [1.807, 2.05) is 5.38 Å². The molecule has 9 heavy (non-hydrogen) atoms. The average Bonchev–Trinajstić information content (AvgIpc) is 2.34. The average molecular weight is 144 g/mol. The molecule has 0 aliphatic rings. The Morgan fingerprint density at radius 3 is 3.22 bits per heavy atom. The molecule has 1 rings (SSSR count). The fraction of sp³-hybridized carbons (Fsp3) is 0.400. The quantitative estimate of drug-likeness (QED) is 0.671. The third kappa shape index (κ3) is 1.99. The van der Waals surface area contributed by atoms with Gasteiger partial charge in [0.05, 0.1) is 0 Å². The van der Waals surface area contributed by atoms with Gasteiger partial charge in [-0.05, 0) is 0 Å². The van der Waals surface area contributed by atoms with Crippen LogP contribution in [-0.2, 0) is 0 Å². The summed E-state index contributed by atoms with van der Waals surface area (Å²) in [5.41, 5.74) is 5.20. The van der Waals surface area contributed by atoms with E-state index in [4.69, 9.17) is 10.5 Å². The number of hydrogen-bond donors (Lipinski definition) is 1. The van der Waals surface area contributed by atoms with Gasteiger partial charge in [0.2, 0.25) is 0 Å². The number of thiazole rings is 1. The summed E-state index contributed by atoms with van der Waals surface area (Å²) in [6.07, 6.45) is 1.70. The first-order valence-corrected chi connectivity index (χ1v) is 3.54. The zero-order chi connectivity index (χ0) is 6.53. The number of ether oxygens (including phenoxy) is 1. The minimum absolute atomic E-state index is 0.541. The number of nitrogens with zero attached hydrogens (tertiary/aromatic N) is 1. The zero-order valence-electron chi connectivity index (χ0n) is 4.91. The summed E-state index contributed by atoms with van der Waals surface area (Å²) in [6.45, 7) is 1.09. The van der Waals surface area contributed by atoms with Crippen molar-refractivity contribution in [3.63, 3.8) is 0 Å². The maximum Gasteiger partial charge on any atom is 0.273 e. The van der Waals surface area contributed by atoms with Gasteiger partial charge in [0.25, 0.3) is 5.19 Å². The monoisotopic (exact) mass is 144 g/mol. The maximum atomic E-state index is 5.20. The Kier molecular flexibility index (Phi) is 2.48. The first-order chi connectivity index (χ1) is 4.43. The van der Waals surface area contributed by atoms with Crippen LogP contribution in [0.2, 0.25) is 0 Å². The maximum absolute atomic E-state index is 5.20. The highest BCUT2D eigenvalue weighted by molar-refractivity contribution is 7.11. The van der Waals surface area contributed by atoms with Crippen molar-refractivity contribution >= 4 is 11.3 Å². The summed E-state index contributed by atoms with van der Waals surface area (Å²) in [6, 6.07) is 0. The van der Waals surface area contributed by atoms with E-state index in [0.29, 0.717) is 18.3 Å². The minimum Gasteiger partial charge on any atom is -0.469 e. The summed E-state index contributed by atoms with van der Waals surface area (Å²) in [5, 5.41) is 2.56. The molecule has 0 saturated carbocycles. The Labute approximate surface area is 57.5 Å². The fourth-order valence-electron chi connectivity index (χ4n) is 0.428. The topological polar surface area (TPSA) is 48.1 Å². The van der Waals surface area contributed by atoms with Gasteiger partial charge in [0.15, 0.2) is 0 Å². The molecule has 0 unspecified atom stereocenters. The van der Waals surface area contributed by atoms with Crippen molar-refractivity contribution in [3.8, 4) is 5.19 Å². The summed E-state index contributed by atoms with van der Waals surface area (Å²) in [4.78, 5) is 3.89. The summed E-state index contributed by atoms with van der Waals surface area (Å²) >= 11 is 1.47. The third-order valence-electron chi connectivity index (χ3n) is 0.753. The van der Waals surface area contributed by atoms with Gasteiger partial charge in [-0.3, -0.25) is 0 Å². The largest absolute Gasteiger partial charge is 0.469 e. The molecular formula is C5H8N2OS. The molecule has 0 aromatic carbocycles. The SMILES string of the molecule is NCCOc1nccs1. The van der Waals surface area contributed by atoms with Gasteiger partial charge in [0.1, 0.15) is 6.61 Å². The van der Waals surface area contributed by atoms with Crippen LogP contribution < -0.4 is 10.5 Å². The Balaban J connectivity index is 2.30. The molecule has 0 atom stereocenters. The van der Waals surface area contributed by atoms with Crippen LogP contribution in [0.3, 0.4) is 0 Å². The Hall–Kier alpha value is -0.610. The Bertz CT molecular complexity index is 152. The van der Waals surface area contributed by atoms with Crippen LogP contribution in [0, 0.1) is 0 Å². The molecule has 50 valence electrons. The van der Waals surface area contributed by atoms with E-state index in [0.717, 1.165) is 0 Å². The van der Waals surface area contributed by atoms with Gasteiger partial charge < -0.3 is 10.5 Å². The lowest BCUT2D eigenvalue weighted by molar-refractivity contribution is 0.326. The number of rotatable bonds is 3. The summed E-state index contributed by atoms with van der Waals surface area (Å²) in [7, 11) is 0. The molecule has 4 heteroatoms. The van der Waals surface area contributed by atoms with Gasteiger partial charge in [-0.25, -0.2) is 4.98 Å². The van der Waals surface area contributed by atoms with Crippen LogP contribution in [0.15, 0.2) is 11.6 Å². The normalized spacial score (nSPS) is 9.44. The van der Waals surface area contributed by atoms with Gasteiger partial charge in [0, 0.05) is 18.1 Å². The molecule has 0 amide bonds. The highest BCUT2D eigenvalue weighted by atomic mass is 32.1. The molecule has 0 fully saturated rings. The zero-order valence-corrected chi connectivity index (χ0v) is 5.73. The predicted molar refractivity (Wildman–Crippen MR) is 36.7 cm³/mol. The second-order valence-electron chi connectivity index (χ2n) is 1.44. The lowest BCUT2D eigenvalue weighted by Gasteiger charge is -1.95. The lowest BCUT2D eigenvalue weighted by Crippen LogP contribution is -2.10. The molecule has 0 bridgehead atoms. The van der Waals surface area contributed by atoms with Gasteiger partial charge in [-0.15, -0.1) is 0 Å². The smallest absolute Gasteiger partial charge is 0.273 e. The van der Waals surface area contributed by atoms with Crippen LogP contribution in [-0.4, -0.2) is 18.1 Å². The number of hydrogen-bond acceptors (Lipinski definition) is 4. The first kappa shape index (κ1) is 6.51. The standard InChI is InChI=1S/C5H8N2OS/c6-1-3-8-5-7-2-4-9-5/h2,4H,1,3,6H2. The Morgan fingerprint density at radius 2 is 2.67 bits per heavy atom. The highest BCUT2D eigenvalue weighted by Gasteiger charge is 1.91. The minimum atomic E-state index is 0.541. The van der Waals surface area contributed by atoms with Gasteiger partial charge in [-0.2, -0.15) is 0 Å². The van der Waals surface area contributed by atoms with E-state index >= 15 is 0 Å². The number of aromatic nitrogens is 1. The molecule has 3 nitrogen and oxygen atoms in total. The van der Waals surface area contributed by atoms with Crippen molar-refractivity contribution < 1.29 is 4.74 Å². The molecule has 1 aromatic rings. The third-order valence-corrected chi connectivity index (χ3v) is 1.44. The van der Waals surface area contributed by atoms with Crippen LogP contribution in [0.5, 0.6) is 5.19 Å². The van der Waals surface area contributed by atoms with E-state index in [1.54, 1.807) is 6.20 Å². The highest BCUT2D eigenvalue weighted by Crippen LogP contribution is 2.12. The molecule has 1 heterocycles. The Morgan fingerprint density at radius 1 is 1.78 bits per heavy atom. The molecular weight excluding hydrogens is 136 g/mol. The molecule has 0 aliphatic carbocycles. The van der Waals surface area contributed by atoms with E-state index in [9.17, 15) is 0 Å². The first-order valence-electron chi connectivity index (χ1n) is 2.66. The molecule has 1 aromatic heterocycles. The van der Waals surface area contributed by atoms with E-state index in [2.05, 4.69) is 4.98 Å². The van der Waals surface area contributed by atoms with Crippen molar-refractivity contribution in [1.82, 2.24) is 4.98 Å². The molecule has 0 aliphatic heterocycles. The van der Waals surface area contributed by atoms with Crippen molar-refractivity contribution in [2.45, 2.75) is 0 Å². The molecule has 0 spiro atoms. The summed E-state index contributed by atoms with van der Waals surface area (Å²) in [5.74, 6) is 0. The van der Waals surface area contributed by atoms with Crippen LogP contribution in [0.1, 0.15) is 0 Å². The van der Waals surface area contributed by atoms with Crippen molar-refractivity contribution in [2.24, 2.45) is 5.73 Å². The van der Waals surface area contributed by atoms with Crippen LogP contribution in [0.4, 0.5) is 0 Å². The number of nitrogens with two attached hydrogens (primary N) is 1. The van der Waals surface area contributed by atoms with E-state index in [-0.39, 0.29) is 0 Å². The molecule has 2 N–H and O–H groups in total. The second kappa shape index (κ2) is 3.42. The fourth-order valence-corrected chi connectivity index (χ4v) is 0.939. The lowest BCUT2D eigenvalue weighted by atomic mass is 10.7. The van der Waals surface area contributed by atoms with Crippen LogP contribution in [0.25, 0.3) is 0 Å². The summed E-state index contributed by atoms with van der Waals surface area (Å²) < 4.78 is 5.08. The van der Waals surface area contributed by atoms with Crippen molar-refractivity contribution in [3.05, 3.63) is 11.6 Å².